The minimum absolute atomic E-state index is 0.00732. The molecule has 1 atom stereocenters. The standard InChI is InChI=1S/C30H36N2O2S/c1-22(2)31-30(34)28(18-25-11-6-5-7-12-25)32(19-27-13-9-8-10-24(27)4)29(33)21-35-20-26-16-14-23(3)15-17-26/h5-17,22,28H,18-21H2,1-4H3,(H,31,34). The lowest BCUT2D eigenvalue weighted by molar-refractivity contribution is -0.139. The number of carbonyl (C=O) groups is 2. The van der Waals surface area contributed by atoms with Gasteiger partial charge in [-0.1, -0.05) is 84.4 Å². The van der Waals surface area contributed by atoms with Crippen LogP contribution in [0.5, 0.6) is 0 Å². The molecule has 0 aliphatic heterocycles. The first-order valence-corrected chi connectivity index (χ1v) is 13.3. The van der Waals surface area contributed by atoms with Gasteiger partial charge in [-0.2, -0.15) is 0 Å². The van der Waals surface area contributed by atoms with Crippen molar-refractivity contribution in [2.24, 2.45) is 0 Å². The number of aryl methyl sites for hydroxylation is 2. The molecule has 0 bridgehead atoms. The Bertz CT molecular complexity index is 1100. The van der Waals surface area contributed by atoms with Crippen LogP contribution < -0.4 is 5.32 Å². The predicted octanol–water partition coefficient (Wildman–Crippen LogP) is 5.70. The van der Waals surface area contributed by atoms with Gasteiger partial charge in [0.1, 0.15) is 6.04 Å². The molecule has 0 aliphatic carbocycles. The Morgan fingerprint density at radius 2 is 1.51 bits per heavy atom. The van der Waals surface area contributed by atoms with Crippen LogP contribution in [0.25, 0.3) is 0 Å². The van der Waals surface area contributed by atoms with Crippen molar-refractivity contribution in [2.45, 2.75) is 58.5 Å². The second-order valence-corrected chi connectivity index (χ2v) is 10.3. The summed E-state index contributed by atoms with van der Waals surface area (Å²) in [6.45, 7) is 8.41. The Kier molecular flexibility index (Phi) is 9.98. The van der Waals surface area contributed by atoms with Gasteiger partial charge in [0.25, 0.3) is 0 Å². The summed E-state index contributed by atoms with van der Waals surface area (Å²) in [6.07, 6.45) is 0.472. The van der Waals surface area contributed by atoms with E-state index in [2.05, 4.69) is 36.5 Å². The van der Waals surface area contributed by atoms with Gasteiger partial charge >= 0.3 is 0 Å². The van der Waals surface area contributed by atoms with E-state index in [1.807, 2.05) is 75.4 Å². The van der Waals surface area contributed by atoms with Crippen LogP contribution in [0.15, 0.2) is 78.9 Å². The molecule has 0 spiro atoms. The maximum Gasteiger partial charge on any atom is 0.243 e. The van der Waals surface area contributed by atoms with Gasteiger partial charge in [-0.25, -0.2) is 0 Å². The Hall–Kier alpha value is -3.05. The van der Waals surface area contributed by atoms with Crippen LogP contribution in [-0.2, 0) is 28.3 Å². The summed E-state index contributed by atoms with van der Waals surface area (Å²) in [5.41, 5.74) is 5.61. The number of hydrogen-bond acceptors (Lipinski definition) is 3. The Morgan fingerprint density at radius 1 is 0.857 bits per heavy atom. The van der Waals surface area contributed by atoms with E-state index in [1.54, 1.807) is 16.7 Å². The smallest absolute Gasteiger partial charge is 0.243 e. The fourth-order valence-electron chi connectivity index (χ4n) is 3.93. The maximum absolute atomic E-state index is 13.7. The fraction of sp³-hybridized carbons (Fsp3) is 0.333. The zero-order chi connectivity index (χ0) is 25.2. The van der Waals surface area contributed by atoms with Gasteiger partial charge in [-0.3, -0.25) is 9.59 Å². The lowest BCUT2D eigenvalue weighted by Gasteiger charge is -2.32. The molecular formula is C30H36N2O2S. The molecule has 0 saturated carbocycles. The van der Waals surface area contributed by atoms with E-state index in [9.17, 15) is 9.59 Å². The minimum Gasteiger partial charge on any atom is -0.352 e. The van der Waals surface area contributed by atoms with Crippen molar-refractivity contribution >= 4 is 23.6 Å². The molecule has 3 rings (SSSR count). The predicted molar refractivity (Wildman–Crippen MR) is 146 cm³/mol. The van der Waals surface area contributed by atoms with Gasteiger partial charge in [0.05, 0.1) is 5.75 Å². The molecule has 2 amide bonds. The number of carbonyl (C=O) groups excluding carboxylic acids is 2. The molecule has 1 unspecified atom stereocenters. The van der Waals surface area contributed by atoms with Crippen LogP contribution in [0.2, 0.25) is 0 Å². The fourth-order valence-corrected chi connectivity index (χ4v) is 4.80. The average molecular weight is 489 g/mol. The van der Waals surface area contributed by atoms with E-state index in [-0.39, 0.29) is 17.9 Å². The molecule has 4 nitrogen and oxygen atoms in total. The highest BCUT2D eigenvalue weighted by molar-refractivity contribution is 7.99. The average Bonchev–Trinajstić information content (AvgIpc) is 2.83. The molecule has 35 heavy (non-hydrogen) atoms. The second kappa shape index (κ2) is 13.1. The molecule has 0 fully saturated rings. The summed E-state index contributed by atoms with van der Waals surface area (Å²) >= 11 is 1.59. The molecule has 0 radical (unpaired) electrons. The molecule has 3 aromatic rings. The lowest BCUT2D eigenvalue weighted by atomic mass is 10.0. The number of thioether (sulfide) groups is 1. The van der Waals surface area contributed by atoms with Gasteiger partial charge < -0.3 is 10.2 Å². The SMILES string of the molecule is Cc1ccc(CSCC(=O)N(Cc2ccccc2C)C(Cc2ccccc2)C(=O)NC(C)C)cc1. The number of nitrogens with one attached hydrogen (secondary N) is 1. The minimum atomic E-state index is -0.591. The topological polar surface area (TPSA) is 49.4 Å². The number of benzene rings is 3. The highest BCUT2D eigenvalue weighted by atomic mass is 32.2. The van der Waals surface area contributed by atoms with E-state index < -0.39 is 6.04 Å². The number of nitrogens with zero attached hydrogens (tertiary/aromatic N) is 1. The number of rotatable bonds is 11. The Balaban J connectivity index is 1.85. The second-order valence-electron chi connectivity index (χ2n) is 9.30. The van der Waals surface area contributed by atoms with E-state index >= 15 is 0 Å². The molecule has 0 aromatic heterocycles. The molecule has 1 N–H and O–H groups in total. The number of hydrogen-bond donors (Lipinski definition) is 1. The summed E-state index contributed by atoms with van der Waals surface area (Å²) in [5.74, 6) is 0.936. The van der Waals surface area contributed by atoms with E-state index in [4.69, 9.17) is 0 Å². The molecule has 5 heteroatoms. The summed E-state index contributed by atoms with van der Waals surface area (Å²) in [6, 6.07) is 25.8. The highest BCUT2D eigenvalue weighted by Crippen LogP contribution is 2.20. The summed E-state index contributed by atoms with van der Waals surface area (Å²) in [4.78, 5) is 28.8. The molecule has 0 saturated heterocycles. The van der Waals surface area contributed by atoms with Gasteiger partial charge in [0, 0.05) is 24.8 Å². The molecular weight excluding hydrogens is 452 g/mol. The largest absolute Gasteiger partial charge is 0.352 e. The van der Waals surface area contributed by atoms with Gasteiger partial charge in [0.15, 0.2) is 0 Å². The summed E-state index contributed by atoms with van der Waals surface area (Å²) < 4.78 is 0. The van der Waals surface area contributed by atoms with E-state index in [0.717, 1.165) is 22.4 Å². The Morgan fingerprint density at radius 3 is 2.17 bits per heavy atom. The van der Waals surface area contributed by atoms with Gasteiger partial charge in [0.2, 0.25) is 11.8 Å². The van der Waals surface area contributed by atoms with Gasteiger partial charge in [-0.05, 0) is 49.9 Å². The molecule has 0 aliphatic rings. The normalized spacial score (nSPS) is 11.8. The van der Waals surface area contributed by atoms with Crippen molar-refractivity contribution in [1.29, 1.82) is 0 Å². The van der Waals surface area contributed by atoms with Crippen LogP contribution in [0.3, 0.4) is 0 Å². The zero-order valence-electron chi connectivity index (χ0n) is 21.2. The quantitative estimate of drug-likeness (QED) is 0.377. The van der Waals surface area contributed by atoms with Crippen LogP contribution in [0, 0.1) is 13.8 Å². The zero-order valence-corrected chi connectivity index (χ0v) is 22.0. The van der Waals surface area contributed by atoms with Crippen molar-refractivity contribution < 1.29 is 9.59 Å². The van der Waals surface area contributed by atoms with Crippen LogP contribution in [0.1, 0.15) is 41.7 Å². The van der Waals surface area contributed by atoms with E-state index in [0.29, 0.717) is 18.7 Å². The third-order valence-electron chi connectivity index (χ3n) is 5.92. The van der Waals surface area contributed by atoms with Crippen molar-refractivity contribution in [3.05, 3.63) is 107 Å². The van der Waals surface area contributed by atoms with Crippen LogP contribution in [-0.4, -0.2) is 34.6 Å². The molecule has 0 heterocycles. The number of amides is 2. The highest BCUT2D eigenvalue weighted by Gasteiger charge is 2.30. The van der Waals surface area contributed by atoms with Gasteiger partial charge in [-0.15, -0.1) is 11.8 Å². The monoisotopic (exact) mass is 488 g/mol. The third-order valence-corrected chi connectivity index (χ3v) is 6.91. The third kappa shape index (κ3) is 8.29. The first kappa shape index (κ1) is 26.6. The van der Waals surface area contributed by atoms with Crippen LogP contribution in [0.4, 0.5) is 0 Å². The first-order valence-electron chi connectivity index (χ1n) is 12.1. The van der Waals surface area contributed by atoms with Crippen molar-refractivity contribution in [3.63, 3.8) is 0 Å². The summed E-state index contributed by atoms with van der Waals surface area (Å²) in [5, 5.41) is 3.05. The van der Waals surface area contributed by atoms with E-state index in [1.165, 1.54) is 11.1 Å². The van der Waals surface area contributed by atoms with Crippen LogP contribution >= 0.6 is 11.8 Å². The van der Waals surface area contributed by atoms with Crippen molar-refractivity contribution in [1.82, 2.24) is 10.2 Å². The van der Waals surface area contributed by atoms with Crippen molar-refractivity contribution in [3.8, 4) is 0 Å². The first-order chi connectivity index (χ1) is 16.8. The Labute approximate surface area is 214 Å². The molecule has 184 valence electrons. The molecule has 3 aromatic carbocycles. The summed E-state index contributed by atoms with van der Waals surface area (Å²) in [7, 11) is 0. The maximum atomic E-state index is 13.7. The lowest BCUT2D eigenvalue weighted by Crippen LogP contribution is -2.52. The van der Waals surface area contributed by atoms with Crippen molar-refractivity contribution in [2.75, 3.05) is 5.75 Å².